The summed E-state index contributed by atoms with van der Waals surface area (Å²) in [4.78, 5) is 4.51. The Labute approximate surface area is 133 Å². The molecular formula is C16H18BrClN2. The molecule has 0 fully saturated rings. The zero-order chi connectivity index (χ0) is 14.4. The highest BCUT2D eigenvalue weighted by Crippen LogP contribution is 2.25. The highest BCUT2D eigenvalue weighted by Gasteiger charge is 2.15. The van der Waals surface area contributed by atoms with Crippen LogP contribution in [0, 0.1) is 0 Å². The van der Waals surface area contributed by atoms with Crippen molar-refractivity contribution >= 4 is 27.5 Å². The highest BCUT2D eigenvalue weighted by atomic mass is 79.9. The molecule has 1 atom stereocenters. The lowest BCUT2D eigenvalue weighted by atomic mass is 10.0. The number of halogens is 2. The van der Waals surface area contributed by atoms with Crippen LogP contribution < -0.4 is 5.32 Å². The maximum Gasteiger partial charge on any atom is 0.0718 e. The lowest BCUT2D eigenvalue weighted by molar-refractivity contribution is 0.516. The minimum Gasteiger partial charge on any atom is -0.308 e. The van der Waals surface area contributed by atoms with Gasteiger partial charge in [0.1, 0.15) is 0 Å². The van der Waals surface area contributed by atoms with Crippen LogP contribution in [0.15, 0.2) is 47.1 Å². The van der Waals surface area contributed by atoms with E-state index in [-0.39, 0.29) is 6.04 Å². The molecule has 0 amide bonds. The molecule has 1 N–H and O–H groups in total. The molecule has 2 aromatic rings. The standard InChI is InChI=1S/C16H18BrClN2/c1-2-8-19-15(16-14(17)7-4-9-20-16)11-12-5-3-6-13(18)10-12/h3-7,9-10,15,19H,2,8,11H2,1H3. The molecule has 2 rings (SSSR count). The van der Waals surface area contributed by atoms with E-state index in [1.807, 2.05) is 36.5 Å². The van der Waals surface area contributed by atoms with E-state index in [0.29, 0.717) is 0 Å². The number of pyridine rings is 1. The maximum absolute atomic E-state index is 6.06. The van der Waals surface area contributed by atoms with E-state index in [0.717, 1.165) is 34.6 Å². The Bertz CT molecular complexity index is 560. The Balaban J connectivity index is 2.22. The van der Waals surface area contributed by atoms with Gasteiger partial charge in [-0.2, -0.15) is 0 Å². The van der Waals surface area contributed by atoms with Crippen molar-refractivity contribution in [2.75, 3.05) is 6.54 Å². The SMILES string of the molecule is CCCNC(Cc1cccc(Cl)c1)c1ncccc1Br. The number of nitrogens with zero attached hydrogens (tertiary/aromatic N) is 1. The summed E-state index contributed by atoms with van der Waals surface area (Å²) in [5.41, 5.74) is 2.25. The second-order valence-corrected chi connectivity index (χ2v) is 6.00. The predicted molar refractivity (Wildman–Crippen MR) is 88.1 cm³/mol. The molecule has 1 aromatic heterocycles. The van der Waals surface area contributed by atoms with Crippen LogP contribution in [-0.2, 0) is 6.42 Å². The zero-order valence-electron chi connectivity index (χ0n) is 11.4. The van der Waals surface area contributed by atoms with Gasteiger partial charge in [-0.15, -0.1) is 0 Å². The number of nitrogens with one attached hydrogen (secondary N) is 1. The number of aromatic nitrogens is 1. The Hall–Kier alpha value is -0.900. The van der Waals surface area contributed by atoms with Crippen molar-refractivity contribution in [1.82, 2.24) is 10.3 Å². The first-order valence-corrected chi connectivity index (χ1v) is 7.96. The van der Waals surface area contributed by atoms with Crippen LogP contribution in [0.3, 0.4) is 0 Å². The molecule has 1 aromatic carbocycles. The Morgan fingerprint density at radius 1 is 1.30 bits per heavy atom. The van der Waals surface area contributed by atoms with Crippen molar-refractivity contribution < 1.29 is 0 Å². The molecule has 4 heteroatoms. The van der Waals surface area contributed by atoms with Gasteiger partial charge >= 0.3 is 0 Å². The zero-order valence-corrected chi connectivity index (χ0v) is 13.8. The molecule has 106 valence electrons. The van der Waals surface area contributed by atoms with E-state index in [1.54, 1.807) is 0 Å². The molecule has 0 aliphatic carbocycles. The van der Waals surface area contributed by atoms with Crippen LogP contribution in [0.2, 0.25) is 5.02 Å². The first-order valence-electron chi connectivity index (χ1n) is 6.79. The summed E-state index contributed by atoms with van der Waals surface area (Å²) in [5, 5.41) is 4.33. The van der Waals surface area contributed by atoms with Gasteiger partial charge in [-0.3, -0.25) is 4.98 Å². The lowest BCUT2D eigenvalue weighted by Crippen LogP contribution is -2.25. The van der Waals surface area contributed by atoms with Gasteiger partial charge in [-0.05, 0) is 65.1 Å². The average Bonchev–Trinajstić information content (AvgIpc) is 2.44. The first kappa shape index (κ1) is 15.5. The van der Waals surface area contributed by atoms with Gasteiger partial charge in [-0.25, -0.2) is 0 Å². The molecule has 0 aliphatic rings. The lowest BCUT2D eigenvalue weighted by Gasteiger charge is -2.19. The van der Waals surface area contributed by atoms with Gasteiger partial charge in [-0.1, -0.05) is 30.7 Å². The van der Waals surface area contributed by atoms with Crippen LogP contribution in [0.25, 0.3) is 0 Å². The fraction of sp³-hybridized carbons (Fsp3) is 0.312. The van der Waals surface area contributed by atoms with Crippen molar-refractivity contribution in [2.24, 2.45) is 0 Å². The van der Waals surface area contributed by atoms with Gasteiger partial charge in [0, 0.05) is 15.7 Å². The van der Waals surface area contributed by atoms with Gasteiger partial charge in [0.25, 0.3) is 0 Å². The largest absolute Gasteiger partial charge is 0.308 e. The van der Waals surface area contributed by atoms with Crippen LogP contribution in [0.1, 0.15) is 30.6 Å². The predicted octanol–water partition coefficient (Wildman–Crippen LogP) is 4.78. The van der Waals surface area contributed by atoms with Crippen molar-refractivity contribution in [3.05, 3.63) is 63.3 Å². The summed E-state index contributed by atoms with van der Waals surface area (Å²) < 4.78 is 1.04. The smallest absolute Gasteiger partial charge is 0.0718 e. The summed E-state index contributed by atoms with van der Waals surface area (Å²) >= 11 is 9.65. The summed E-state index contributed by atoms with van der Waals surface area (Å²) in [5.74, 6) is 0. The summed E-state index contributed by atoms with van der Waals surface area (Å²) in [6.45, 7) is 3.13. The minimum atomic E-state index is 0.184. The molecule has 0 spiro atoms. The van der Waals surface area contributed by atoms with E-state index in [2.05, 4.69) is 39.2 Å². The normalized spacial score (nSPS) is 12.3. The van der Waals surface area contributed by atoms with Gasteiger partial charge in [0.15, 0.2) is 0 Å². The summed E-state index contributed by atoms with van der Waals surface area (Å²) in [7, 11) is 0. The highest BCUT2D eigenvalue weighted by molar-refractivity contribution is 9.10. The molecule has 1 heterocycles. The van der Waals surface area contributed by atoms with Crippen molar-refractivity contribution in [1.29, 1.82) is 0 Å². The second-order valence-electron chi connectivity index (χ2n) is 4.71. The molecule has 0 radical (unpaired) electrons. The third kappa shape index (κ3) is 4.30. The van der Waals surface area contributed by atoms with Crippen molar-refractivity contribution in [3.63, 3.8) is 0 Å². The number of hydrogen-bond acceptors (Lipinski definition) is 2. The average molecular weight is 354 g/mol. The van der Waals surface area contributed by atoms with E-state index in [1.165, 1.54) is 5.56 Å². The monoisotopic (exact) mass is 352 g/mol. The Morgan fingerprint density at radius 3 is 2.85 bits per heavy atom. The van der Waals surface area contributed by atoms with Crippen LogP contribution in [-0.4, -0.2) is 11.5 Å². The second kappa shape index (κ2) is 7.77. The Morgan fingerprint density at radius 2 is 2.15 bits per heavy atom. The van der Waals surface area contributed by atoms with E-state index in [4.69, 9.17) is 11.6 Å². The molecule has 20 heavy (non-hydrogen) atoms. The minimum absolute atomic E-state index is 0.184. The fourth-order valence-electron chi connectivity index (χ4n) is 2.14. The van der Waals surface area contributed by atoms with E-state index in [9.17, 15) is 0 Å². The van der Waals surface area contributed by atoms with Crippen LogP contribution >= 0.6 is 27.5 Å². The molecule has 0 bridgehead atoms. The van der Waals surface area contributed by atoms with Gasteiger partial charge in [0.05, 0.1) is 11.7 Å². The molecule has 0 saturated carbocycles. The fourth-order valence-corrected chi connectivity index (χ4v) is 2.88. The first-order chi connectivity index (χ1) is 9.70. The molecule has 2 nitrogen and oxygen atoms in total. The van der Waals surface area contributed by atoms with E-state index >= 15 is 0 Å². The summed E-state index contributed by atoms with van der Waals surface area (Å²) in [6.07, 6.45) is 3.80. The molecule has 1 unspecified atom stereocenters. The maximum atomic E-state index is 6.06. The summed E-state index contributed by atoms with van der Waals surface area (Å²) in [6, 6.07) is 12.1. The molecular weight excluding hydrogens is 336 g/mol. The Kier molecular flexibility index (Phi) is 6.02. The third-order valence-corrected chi connectivity index (χ3v) is 3.99. The van der Waals surface area contributed by atoms with Crippen LogP contribution in [0.5, 0.6) is 0 Å². The quantitative estimate of drug-likeness (QED) is 0.808. The van der Waals surface area contributed by atoms with Crippen molar-refractivity contribution in [3.8, 4) is 0 Å². The van der Waals surface area contributed by atoms with Gasteiger partial charge < -0.3 is 5.32 Å². The van der Waals surface area contributed by atoms with Gasteiger partial charge in [0.2, 0.25) is 0 Å². The van der Waals surface area contributed by atoms with Crippen molar-refractivity contribution in [2.45, 2.75) is 25.8 Å². The number of benzene rings is 1. The van der Waals surface area contributed by atoms with E-state index < -0.39 is 0 Å². The topological polar surface area (TPSA) is 24.9 Å². The molecule has 0 saturated heterocycles. The third-order valence-electron chi connectivity index (χ3n) is 3.09. The number of hydrogen-bond donors (Lipinski definition) is 1. The molecule has 0 aliphatic heterocycles. The number of rotatable bonds is 6. The van der Waals surface area contributed by atoms with Crippen LogP contribution in [0.4, 0.5) is 0 Å².